The quantitative estimate of drug-likeness (QED) is 0.788. The van der Waals surface area contributed by atoms with Gasteiger partial charge in [-0.25, -0.2) is 8.42 Å². The summed E-state index contributed by atoms with van der Waals surface area (Å²) in [6.45, 7) is 2.10. The lowest BCUT2D eigenvalue weighted by molar-refractivity contribution is -0.140. The number of nitrogens with one attached hydrogen (secondary N) is 1. The third kappa shape index (κ3) is 3.65. The molecule has 22 heavy (non-hydrogen) atoms. The molecule has 1 saturated heterocycles. The molecule has 2 N–H and O–H groups in total. The molecule has 9 heteroatoms. The molecule has 0 unspecified atom stereocenters. The van der Waals surface area contributed by atoms with Crippen LogP contribution in [0.5, 0.6) is 0 Å². The van der Waals surface area contributed by atoms with Crippen molar-refractivity contribution in [3.05, 3.63) is 17.0 Å². The first kappa shape index (κ1) is 16.9. The van der Waals surface area contributed by atoms with Gasteiger partial charge in [0.05, 0.1) is 0 Å². The monoisotopic (exact) mass is 346 g/mol. The molecule has 0 aliphatic carbocycles. The van der Waals surface area contributed by atoms with Crippen LogP contribution in [0.4, 0.5) is 0 Å². The Morgan fingerprint density at radius 1 is 1.45 bits per heavy atom. The summed E-state index contributed by atoms with van der Waals surface area (Å²) < 4.78 is 26.3. The minimum Gasteiger partial charge on any atom is -0.480 e. The zero-order chi connectivity index (χ0) is 16.3. The minimum atomic E-state index is -3.77. The molecular formula is C13H18N2O5S2. The fraction of sp³-hybridized carbons (Fsp3) is 0.538. The Balaban J connectivity index is 2.11. The summed E-state index contributed by atoms with van der Waals surface area (Å²) in [4.78, 5) is 22.8. The SMILES string of the molecule is CC(=O)NCCc1ccc(S(=O)(=O)N2CCC[C@@H]2C(=O)O)s1. The van der Waals surface area contributed by atoms with E-state index in [0.29, 0.717) is 25.8 Å². The molecule has 7 nitrogen and oxygen atoms in total. The molecule has 2 rings (SSSR count). The van der Waals surface area contributed by atoms with Crippen molar-refractivity contribution in [2.45, 2.75) is 36.4 Å². The lowest BCUT2D eigenvalue weighted by Gasteiger charge is -2.19. The van der Waals surface area contributed by atoms with Gasteiger partial charge in [-0.3, -0.25) is 9.59 Å². The number of hydrogen-bond acceptors (Lipinski definition) is 5. The summed E-state index contributed by atoms with van der Waals surface area (Å²) in [5.41, 5.74) is 0. The fourth-order valence-electron chi connectivity index (χ4n) is 2.38. The van der Waals surface area contributed by atoms with E-state index in [1.807, 2.05) is 0 Å². The molecule has 0 saturated carbocycles. The van der Waals surface area contributed by atoms with Crippen LogP contribution in [0.1, 0.15) is 24.6 Å². The zero-order valence-electron chi connectivity index (χ0n) is 12.1. The second-order valence-electron chi connectivity index (χ2n) is 5.07. The maximum absolute atomic E-state index is 12.5. The van der Waals surface area contributed by atoms with Crippen LogP contribution in [0.2, 0.25) is 0 Å². The number of carboxylic acids is 1. The number of aliphatic carboxylic acids is 1. The van der Waals surface area contributed by atoms with Gasteiger partial charge >= 0.3 is 5.97 Å². The highest BCUT2D eigenvalue weighted by atomic mass is 32.2. The predicted octanol–water partition coefficient (Wildman–Crippen LogP) is 0.664. The zero-order valence-corrected chi connectivity index (χ0v) is 13.7. The Labute approximate surface area is 133 Å². The van der Waals surface area contributed by atoms with Crippen molar-refractivity contribution in [2.24, 2.45) is 0 Å². The lowest BCUT2D eigenvalue weighted by atomic mass is 10.2. The fourth-order valence-corrected chi connectivity index (χ4v) is 5.52. The van der Waals surface area contributed by atoms with Crippen molar-refractivity contribution in [3.63, 3.8) is 0 Å². The number of nitrogens with zero attached hydrogens (tertiary/aromatic N) is 1. The number of thiophene rings is 1. The van der Waals surface area contributed by atoms with Gasteiger partial charge in [-0.1, -0.05) is 0 Å². The molecule has 1 aromatic heterocycles. The van der Waals surface area contributed by atoms with E-state index in [1.54, 1.807) is 6.07 Å². The summed E-state index contributed by atoms with van der Waals surface area (Å²) >= 11 is 1.12. The summed E-state index contributed by atoms with van der Waals surface area (Å²) in [5, 5.41) is 11.8. The maximum Gasteiger partial charge on any atom is 0.322 e. The largest absolute Gasteiger partial charge is 0.480 e. The Kier molecular flexibility index (Phi) is 5.20. The maximum atomic E-state index is 12.5. The smallest absolute Gasteiger partial charge is 0.322 e. The van der Waals surface area contributed by atoms with E-state index in [9.17, 15) is 18.0 Å². The van der Waals surface area contributed by atoms with Crippen LogP contribution in [0.3, 0.4) is 0 Å². The number of amides is 1. The predicted molar refractivity (Wildman–Crippen MR) is 81.3 cm³/mol. The van der Waals surface area contributed by atoms with Gasteiger partial charge in [0.2, 0.25) is 5.91 Å². The Bertz CT molecular complexity index is 668. The van der Waals surface area contributed by atoms with E-state index in [2.05, 4.69) is 5.32 Å². The molecule has 1 atom stereocenters. The van der Waals surface area contributed by atoms with E-state index < -0.39 is 22.0 Å². The van der Waals surface area contributed by atoms with Gasteiger partial charge in [0.15, 0.2) is 0 Å². The van der Waals surface area contributed by atoms with Crippen LogP contribution < -0.4 is 5.32 Å². The summed E-state index contributed by atoms with van der Waals surface area (Å²) in [5.74, 6) is -1.24. The van der Waals surface area contributed by atoms with E-state index in [1.165, 1.54) is 13.0 Å². The van der Waals surface area contributed by atoms with Crippen LogP contribution in [0.25, 0.3) is 0 Å². The van der Waals surface area contributed by atoms with Gasteiger partial charge in [-0.05, 0) is 31.4 Å². The third-order valence-electron chi connectivity index (χ3n) is 3.43. The van der Waals surface area contributed by atoms with Crippen molar-refractivity contribution >= 4 is 33.2 Å². The van der Waals surface area contributed by atoms with Crippen molar-refractivity contribution < 1.29 is 23.1 Å². The molecule has 1 aliphatic heterocycles. The topological polar surface area (TPSA) is 104 Å². The summed E-state index contributed by atoms with van der Waals surface area (Å²) in [6.07, 6.45) is 1.44. The molecular weight excluding hydrogens is 328 g/mol. The second kappa shape index (κ2) is 6.76. The van der Waals surface area contributed by atoms with E-state index in [4.69, 9.17) is 5.11 Å². The van der Waals surface area contributed by atoms with Crippen LogP contribution >= 0.6 is 11.3 Å². The van der Waals surface area contributed by atoms with Gasteiger partial charge < -0.3 is 10.4 Å². The highest BCUT2D eigenvalue weighted by Crippen LogP contribution is 2.30. The summed E-state index contributed by atoms with van der Waals surface area (Å²) in [6, 6.07) is 2.22. The van der Waals surface area contributed by atoms with Gasteiger partial charge in [-0.2, -0.15) is 4.31 Å². The van der Waals surface area contributed by atoms with Crippen LogP contribution in [0.15, 0.2) is 16.3 Å². The molecule has 1 aliphatic rings. The molecule has 0 bridgehead atoms. The molecule has 1 fully saturated rings. The number of carboxylic acid groups (broad SMARTS) is 1. The van der Waals surface area contributed by atoms with E-state index in [-0.39, 0.29) is 16.7 Å². The van der Waals surface area contributed by atoms with Gasteiger partial charge in [0, 0.05) is 24.9 Å². The Morgan fingerprint density at radius 2 is 2.18 bits per heavy atom. The molecule has 0 spiro atoms. The number of carbonyl (C=O) groups is 2. The molecule has 0 aromatic carbocycles. The normalized spacial score (nSPS) is 19.2. The van der Waals surface area contributed by atoms with E-state index >= 15 is 0 Å². The van der Waals surface area contributed by atoms with Crippen LogP contribution in [-0.4, -0.2) is 48.8 Å². The molecule has 1 amide bonds. The Hall–Kier alpha value is -1.45. The first-order valence-electron chi connectivity index (χ1n) is 6.90. The van der Waals surface area contributed by atoms with Gasteiger partial charge in [-0.15, -0.1) is 11.3 Å². The number of rotatable bonds is 6. The number of carbonyl (C=O) groups excluding carboxylic acids is 1. The lowest BCUT2D eigenvalue weighted by Crippen LogP contribution is -2.40. The van der Waals surface area contributed by atoms with Crippen molar-refractivity contribution in [2.75, 3.05) is 13.1 Å². The number of hydrogen-bond donors (Lipinski definition) is 2. The highest BCUT2D eigenvalue weighted by Gasteiger charge is 2.40. The first-order valence-corrected chi connectivity index (χ1v) is 9.16. The summed E-state index contributed by atoms with van der Waals surface area (Å²) in [7, 11) is -3.77. The third-order valence-corrected chi connectivity index (χ3v) is 6.95. The second-order valence-corrected chi connectivity index (χ2v) is 8.35. The van der Waals surface area contributed by atoms with Crippen LogP contribution in [0, 0.1) is 0 Å². The number of sulfonamides is 1. The van der Waals surface area contributed by atoms with Crippen molar-refractivity contribution in [3.8, 4) is 0 Å². The molecule has 0 radical (unpaired) electrons. The molecule has 122 valence electrons. The standard InChI is InChI=1S/C13H18N2O5S2/c1-9(16)14-7-6-10-4-5-12(21-10)22(19,20)15-8-2-3-11(15)13(17)18/h4-5,11H,2-3,6-8H2,1H3,(H,14,16)(H,17,18)/t11-/m1/s1. The Morgan fingerprint density at radius 3 is 2.82 bits per heavy atom. The highest BCUT2D eigenvalue weighted by molar-refractivity contribution is 7.91. The van der Waals surface area contributed by atoms with Crippen molar-refractivity contribution in [1.29, 1.82) is 0 Å². The molecule has 1 aromatic rings. The van der Waals surface area contributed by atoms with Gasteiger partial charge in [0.1, 0.15) is 10.3 Å². The van der Waals surface area contributed by atoms with Crippen molar-refractivity contribution in [1.82, 2.24) is 9.62 Å². The first-order chi connectivity index (χ1) is 10.3. The van der Waals surface area contributed by atoms with Gasteiger partial charge in [0.25, 0.3) is 10.0 Å². The average molecular weight is 346 g/mol. The van der Waals surface area contributed by atoms with Crippen LogP contribution in [-0.2, 0) is 26.0 Å². The average Bonchev–Trinajstić information content (AvgIpc) is 3.07. The minimum absolute atomic E-state index is 0.134. The molecule has 2 heterocycles. The van der Waals surface area contributed by atoms with E-state index in [0.717, 1.165) is 20.5 Å².